The number of nitrogens with two attached hydrogens (primary N) is 1. The van der Waals surface area contributed by atoms with Gasteiger partial charge >= 0.3 is 5.97 Å². The molecule has 7 atom stereocenters. The van der Waals surface area contributed by atoms with Gasteiger partial charge in [-0.15, -0.1) is 5.06 Å². The van der Waals surface area contributed by atoms with E-state index in [0.717, 1.165) is 24.1 Å². The second-order valence-corrected chi connectivity index (χ2v) is 16.4. The van der Waals surface area contributed by atoms with Crippen molar-refractivity contribution in [2.24, 2.45) is 39.8 Å². The highest BCUT2D eigenvalue weighted by Gasteiger charge is 2.48. The van der Waals surface area contributed by atoms with Gasteiger partial charge in [0.25, 0.3) is 11.8 Å². The molecule has 12 nitrogen and oxygen atoms in total. The Morgan fingerprint density at radius 3 is 2.44 bits per heavy atom. The minimum atomic E-state index is -0.957. The Hall–Kier alpha value is -5.20. The van der Waals surface area contributed by atoms with Gasteiger partial charge in [0.2, 0.25) is 0 Å². The molecule has 306 valence electrons. The van der Waals surface area contributed by atoms with E-state index >= 15 is 0 Å². The van der Waals surface area contributed by atoms with Gasteiger partial charge in [-0.25, -0.2) is 9.79 Å². The number of methoxy groups -OCH3 is 2. The normalized spacial score (nSPS) is 23.8. The molecule has 2 fully saturated rings. The molecular weight excluding hydrogens is 723 g/mol. The summed E-state index contributed by atoms with van der Waals surface area (Å²) in [7, 11) is 6.61. The number of rotatable bonds is 13. The van der Waals surface area contributed by atoms with Gasteiger partial charge in [-0.1, -0.05) is 76.2 Å². The monoisotopic (exact) mass is 781 g/mol. The minimum Gasteiger partial charge on any atom is -0.496 e. The Bertz CT molecular complexity index is 1960. The fraction of sp³-hybridized carbons (Fsp3) is 0.467. The summed E-state index contributed by atoms with van der Waals surface area (Å²) in [6.45, 7) is 10.8. The number of ether oxygens (including phenoxy) is 2. The first kappa shape index (κ1) is 42.9. The highest BCUT2D eigenvalue weighted by molar-refractivity contribution is 5.99. The van der Waals surface area contributed by atoms with Crippen molar-refractivity contribution >= 4 is 29.7 Å². The van der Waals surface area contributed by atoms with Crippen molar-refractivity contribution in [1.29, 1.82) is 0 Å². The van der Waals surface area contributed by atoms with Crippen molar-refractivity contribution < 1.29 is 33.8 Å². The van der Waals surface area contributed by atoms with Crippen molar-refractivity contribution in [3.05, 3.63) is 95.4 Å². The summed E-state index contributed by atoms with van der Waals surface area (Å²) in [6, 6.07) is 18.6. The molecule has 1 aliphatic carbocycles. The number of hydroxylamine groups is 2. The quantitative estimate of drug-likeness (QED) is 0.136. The third-order valence-electron chi connectivity index (χ3n) is 11.8. The van der Waals surface area contributed by atoms with Crippen LogP contribution in [-0.2, 0) is 32.1 Å². The van der Waals surface area contributed by atoms with Crippen LogP contribution >= 0.6 is 0 Å². The Morgan fingerprint density at radius 1 is 1.09 bits per heavy atom. The van der Waals surface area contributed by atoms with E-state index in [9.17, 15) is 19.5 Å². The number of anilines is 1. The molecule has 4 N–H and O–H groups in total. The summed E-state index contributed by atoms with van der Waals surface area (Å²) in [5.41, 5.74) is 10.2. The Morgan fingerprint density at radius 2 is 1.81 bits per heavy atom. The molecule has 3 aromatic rings. The van der Waals surface area contributed by atoms with E-state index in [1.807, 2.05) is 73.6 Å². The van der Waals surface area contributed by atoms with E-state index in [4.69, 9.17) is 20.0 Å². The molecule has 0 radical (unpaired) electrons. The molecule has 0 aromatic heterocycles. The molecule has 1 saturated heterocycles. The van der Waals surface area contributed by atoms with Crippen molar-refractivity contribution in [3.8, 4) is 16.9 Å². The van der Waals surface area contributed by atoms with Crippen molar-refractivity contribution in [2.75, 3.05) is 33.2 Å². The summed E-state index contributed by atoms with van der Waals surface area (Å²) in [5.74, 6) is -0.396. The van der Waals surface area contributed by atoms with Crippen LogP contribution in [0.5, 0.6) is 5.75 Å². The summed E-state index contributed by atoms with van der Waals surface area (Å²) < 4.78 is 11.1. The molecule has 5 rings (SSSR count). The van der Waals surface area contributed by atoms with Crippen LogP contribution in [0.2, 0.25) is 0 Å². The maximum Gasteiger partial charge on any atom is 0.328 e. The molecular formula is C45H59N5O7. The number of carbonyl (C=O) groups is 3. The molecule has 0 spiro atoms. The largest absolute Gasteiger partial charge is 0.496 e. The smallest absolute Gasteiger partial charge is 0.328 e. The SMILES string of the molecule is COC(=O)[C@H](Cc1ccccc1)NC(=O)c1cc(-c2cccc(CN3O/C(=C\N)C([C@H](C)O)[C@H]3C(=O)N=CC3C[C@@H](C)C(C)(C)C[C@@H]3C)c2OC)cc(N(C)C)c1. The number of para-hydroxylation sites is 1. The predicted octanol–water partition coefficient (Wildman–Crippen LogP) is 6.16. The molecule has 3 aromatic carbocycles. The molecule has 2 unspecified atom stereocenters. The van der Waals surface area contributed by atoms with Gasteiger partial charge in [0.05, 0.1) is 32.8 Å². The van der Waals surface area contributed by atoms with Crippen LogP contribution in [0.3, 0.4) is 0 Å². The predicted molar refractivity (Wildman–Crippen MR) is 222 cm³/mol. The van der Waals surface area contributed by atoms with Gasteiger partial charge in [-0.3, -0.25) is 9.59 Å². The van der Waals surface area contributed by atoms with Gasteiger partial charge in [0.1, 0.15) is 23.6 Å². The Labute approximate surface area is 337 Å². The van der Waals surface area contributed by atoms with Crippen LogP contribution in [-0.4, -0.2) is 80.7 Å². The highest BCUT2D eigenvalue weighted by atomic mass is 16.7. The number of benzene rings is 3. The molecule has 1 heterocycles. The Kier molecular flexibility index (Phi) is 13.8. The average molecular weight is 782 g/mol. The van der Waals surface area contributed by atoms with Crippen LogP contribution in [0.1, 0.15) is 68.9 Å². The van der Waals surface area contributed by atoms with Crippen molar-refractivity contribution in [2.45, 2.75) is 78.6 Å². The third-order valence-corrected chi connectivity index (χ3v) is 11.8. The summed E-state index contributed by atoms with van der Waals surface area (Å²) in [4.78, 5) is 53.3. The maximum absolute atomic E-state index is 14.1. The van der Waals surface area contributed by atoms with E-state index < -0.39 is 41.9 Å². The van der Waals surface area contributed by atoms with Gasteiger partial charge in [0.15, 0.2) is 0 Å². The van der Waals surface area contributed by atoms with Crippen LogP contribution in [0, 0.1) is 29.1 Å². The molecule has 1 aliphatic heterocycles. The summed E-state index contributed by atoms with van der Waals surface area (Å²) >= 11 is 0. The average Bonchev–Trinajstić information content (AvgIpc) is 3.56. The molecule has 2 amide bonds. The first-order valence-electron chi connectivity index (χ1n) is 19.6. The van der Waals surface area contributed by atoms with Crippen LogP contribution < -0.4 is 20.7 Å². The number of aliphatic hydroxyl groups excluding tert-OH is 1. The van der Waals surface area contributed by atoms with Gasteiger partial charge in [-0.2, -0.15) is 0 Å². The fourth-order valence-electron chi connectivity index (χ4n) is 8.16. The molecule has 0 bridgehead atoms. The lowest BCUT2D eigenvalue weighted by Gasteiger charge is -2.43. The zero-order valence-electron chi connectivity index (χ0n) is 34.7. The van der Waals surface area contributed by atoms with Gasteiger partial charge < -0.3 is 35.4 Å². The van der Waals surface area contributed by atoms with E-state index in [2.05, 4.69) is 38.0 Å². The number of carbonyl (C=O) groups excluding carboxylic acids is 3. The van der Waals surface area contributed by atoms with Crippen molar-refractivity contribution in [3.63, 3.8) is 0 Å². The Balaban J connectivity index is 1.46. The third kappa shape index (κ3) is 9.85. The first-order chi connectivity index (χ1) is 27.1. The van der Waals surface area contributed by atoms with E-state index in [-0.39, 0.29) is 30.1 Å². The standard InChI is InChI=1S/C45H59N5O7/c1-27-23-45(4,5)28(2)18-34(27)25-47-43(53)40-39(29(3)51)38(24-46)57-50(40)26-31-16-13-17-36(41(31)55-8)32-20-33(22-35(21-32)49(6)7)42(52)48-37(44(54)56-9)19-30-14-11-10-12-15-30/h10-17,20-22,24-25,27-29,34,37,39-40,51H,18-19,23,26,46H2,1-9H3,(H,48,52)/b38-24-,47-25?/t27-,28+,29-,34?,37-,39?,40-/m0/s1. The lowest BCUT2D eigenvalue weighted by Crippen LogP contribution is -2.43. The summed E-state index contributed by atoms with van der Waals surface area (Å²) in [5, 5.41) is 15.3. The van der Waals surface area contributed by atoms with Crippen molar-refractivity contribution in [1.82, 2.24) is 10.4 Å². The van der Waals surface area contributed by atoms with Gasteiger partial charge in [0, 0.05) is 55.3 Å². The summed E-state index contributed by atoms with van der Waals surface area (Å²) in [6.07, 6.45) is 4.35. The molecule has 57 heavy (non-hydrogen) atoms. The van der Waals surface area contributed by atoms with Gasteiger partial charge in [-0.05, 0) is 72.3 Å². The molecule has 12 heteroatoms. The van der Waals surface area contributed by atoms with Crippen LogP contribution in [0.15, 0.2) is 83.7 Å². The fourth-order valence-corrected chi connectivity index (χ4v) is 8.16. The minimum absolute atomic E-state index is 0.0928. The lowest BCUT2D eigenvalue weighted by atomic mass is 9.62. The lowest BCUT2D eigenvalue weighted by molar-refractivity contribution is -0.146. The number of nitrogens with one attached hydrogen (secondary N) is 1. The van der Waals surface area contributed by atoms with Crippen LogP contribution in [0.4, 0.5) is 5.69 Å². The number of aliphatic imine (C=N–C) groups is 1. The first-order valence-corrected chi connectivity index (χ1v) is 19.6. The second kappa shape index (κ2) is 18.4. The van der Waals surface area contributed by atoms with E-state index in [1.165, 1.54) is 18.4 Å². The zero-order valence-corrected chi connectivity index (χ0v) is 34.7. The zero-order chi connectivity index (χ0) is 41.6. The number of hydrogen-bond acceptors (Lipinski definition) is 10. The molecule has 1 saturated carbocycles. The number of esters is 1. The van der Waals surface area contributed by atoms with E-state index in [0.29, 0.717) is 39.8 Å². The number of amides is 2. The highest BCUT2D eigenvalue weighted by Crippen LogP contribution is 2.45. The number of nitrogens with zero attached hydrogens (tertiary/aromatic N) is 3. The maximum atomic E-state index is 14.1. The number of hydrogen-bond donors (Lipinski definition) is 3. The number of aliphatic hydroxyl groups is 1. The molecule has 2 aliphatic rings. The van der Waals surface area contributed by atoms with Crippen LogP contribution in [0.25, 0.3) is 11.1 Å². The topological polar surface area (TPSA) is 156 Å². The van der Waals surface area contributed by atoms with E-state index in [1.54, 1.807) is 32.4 Å². The second-order valence-electron chi connectivity index (χ2n) is 16.4.